The van der Waals surface area contributed by atoms with Crippen molar-refractivity contribution in [2.75, 3.05) is 0 Å². The van der Waals surface area contributed by atoms with E-state index in [0.717, 1.165) is 22.3 Å². The summed E-state index contributed by atoms with van der Waals surface area (Å²) in [6.45, 7) is 4.03. The lowest BCUT2D eigenvalue weighted by molar-refractivity contribution is 0.0971. The van der Waals surface area contributed by atoms with E-state index < -0.39 is 0 Å². The minimum absolute atomic E-state index is 0.116. The van der Waals surface area contributed by atoms with Crippen molar-refractivity contribution in [3.05, 3.63) is 106 Å². The topological polar surface area (TPSA) is 59.9 Å². The van der Waals surface area contributed by atoms with Crippen LogP contribution in [0, 0.1) is 13.8 Å². The molecule has 0 bridgehead atoms. The lowest BCUT2D eigenvalue weighted by atomic mass is 9.89. The van der Waals surface area contributed by atoms with E-state index in [1.165, 1.54) is 0 Å². The normalized spacial score (nSPS) is 12.5. The van der Waals surface area contributed by atoms with Crippen molar-refractivity contribution >= 4 is 11.6 Å². The zero-order valence-electron chi connectivity index (χ0n) is 16.6. The number of hydrogen-bond donors (Lipinski definition) is 0. The lowest BCUT2D eigenvalue weighted by Gasteiger charge is -2.19. The van der Waals surface area contributed by atoms with E-state index in [4.69, 9.17) is 9.97 Å². The molecule has 1 aliphatic rings. The smallest absolute Gasteiger partial charge is 0.214 e. The standard InChI is InChI=1S/C26H18N2O2/c1-15-7-11-17(12-8-15)21-22(18-13-9-16(2)10-14-18)28-24-23(27-21)25(29)19-5-3-4-6-20(19)26(24)30/h3-14H,1-2H3. The van der Waals surface area contributed by atoms with Gasteiger partial charge in [0.1, 0.15) is 11.4 Å². The molecule has 0 spiro atoms. The van der Waals surface area contributed by atoms with Gasteiger partial charge < -0.3 is 0 Å². The maximum absolute atomic E-state index is 13.1. The van der Waals surface area contributed by atoms with Gasteiger partial charge in [-0.15, -0.1) is 0 Å². The van der Waals surface area contributed by atoms with E-state index in [9.17, 15) is 9.59 Å². The number of ketones is 2. The highest BCUT2D eigenvalue weighted by Crippen LogP contribution is 2.34. The van der Waals surface area contributed by atoms with Crippen molar-refractivity contribution in [1.82, 2.24) is 9.97 Å². The van der Waals surface area contributed by atoms with Gasteiger partial charge in [0.15, 0.2) is 0 Å². The molecule has 1 heterocycles. The van der Waals surface area contributed by atoms with E-state index in [-0.39, 0.29) is 23.0 Å². The Balaban J connectivity index is 1.79. The molecule has 0 radical (unpaired) electrons. The molecule has 5 rings (SSSR count). The number of carbonyl (C=O) groups excluding carboxylic acids is 2. The molecular formula is C26H18N2O2. The molecule has 0 atom stereocenters. The van der Waals surface area contributed by atoms with Crippen LogP contribution in [0.25, 0.3) is 22.5 Å². The van der Waals surface area contributed by atoms with Gasteiger partial charge in [-0.3, -0.25) is 9.59 Å². The predicted molar refractivity (Wildman–Crippen MR) is 116 cm³/mol. The van der Waals surface area contributed by atoms with Crippen molar-refractivity contribution in [2.24, 2.45) is 0 Å². The van der Waals surface area contributed by atoms with Crippen LogP contribution in [0.3, 0.4) is 0 Å². The molecule has 4 heteroatoms. The van der Waals surface area contributed by atoms with Gasteiger partial charge in [0.2, 0.25) is 11.6 Å². The van der Waals surface area contributed by atoms with Crippen LogP contribution in [0.2, 0.25) is 0 Å². The summed E-state index contributed by atoms with van der Waals surface area (Å²) in [5.74, 6) is -0.534. The summed E-state index contributed by atoms with van der Waals surface area (Å²) in [5, 5.41) is 0. The van der Waals surface area contributed by atoms with Gasteiger partial charge in [0, 0.05) is 22.3 Å². The van der Waals surface area contributed by atoms with E-state index in [2.05, 4.69) is 0 Å². The van der Waals surface area contributed by atoms with E-state index in [0.29, 0.717) is 22.5 Å². The summed E-state index contributed by atoms with van der Waals surface area (Å²) in [7, 11) is 0. The number of aromatic nitrogens is 2. The fourth-order valence-electron chi connectivity index (χ4n) is 3.71. The van der Waals surface area contributed by atoms with Crippen molar-refractivity contribution < 1.29 is 9.59 Å². The van der Waals surface area contributed by atoms with Gasteiger partial charge >= 0.3 is 0 Å². The molecule has 0 unspecified atom stereocenters. The van der Waals surface area contributed by atoms with Crippen LogP contribution in [0.5, 0.6) is 0 Å². The molecule has 0 saturated heterocycles. The minimum atomic E-state index is -0.267. The number of nitrogens with zero attached hydrogens (tertiary/aromatic N) is 2. The third-order valence-electron chi connectivity index (χ3n) is 5.39. The number of rotatable bonds is 2. The summed E-state index contributed by atoms with van der Waals surface area (Å²) in [4.78, 5) is 35.7. The van der Waals surface area contributed by atoms with Crippen LogP contribution in [-0.2, 0) is 0 Å². The third-order valence-corrected chi connectivity index (χ3v) is 5.39. The number of carbonyl (C=O) groups is 2. The van der Waals surface area contributed by atoms with Crippen molar-refractivity contribution in [3.63, 3.8) is 0 Å². The first-order chi connectivity index (χ1) is 14.5. The second-order valence-corrected chi connectivity index (χ2v) is 7.55. The Kier molecular flexibility index (Phi) is 4.14. The molecule has 0 amide bonds. The first kappa shape index (κ1) is 18.1. The molecule has 0 saturated carbocycles. The molecule has 1 aliphatic carbocycles. The highest BCUT2D eigenvalue weighted by Gasteiger charge is 2.33. The van der Waals surface area contributed by atoms with Gasteiger partial charge in [0.05, 0.1) is 11.4 Å². The Morgan fingerprint density at radius 2 is 0.867 bits per heavy atom. The van der Waals surface area contributed by atoms with Crippen LogP contribution in [-0.4, -0.2) is 21.5 Å². The van der Waals surface area contributed by atoms with Crippen molar-refractivity contribution in [1.29, 1.82) is 0 Å². The van der Waals surface area contributed by atoms with E-state index in [1.54, 1.807) is 24.3 Å². The summed E-state index contributed by atoms with van der Waals surface area (Å²) >= 11 is 0. The zero-order valence-corrected chi connectivity index (χ0v) is 16.6. The van der Waals surface area contributed by atoms with Gasteiger partial charge in [-0.05, 0) is 13.8 Å². The lowest BCUT2D eigenvalue weighted by Crippen LogP contribution is -2.24. The second-order valence-electron chi connectivity index (χ2n) is 7.55. The molecule has 0 aliphatic heterocycles. The Hall–Kier alpha value is -3.92. The number of benzene rings is 3. The molecule has 4 nitrogen and oxygen atoms in total. The zero-order chi connectivity index (χ0) is 20.8. The maximum atomic E-state index is 13.1. The highest BCUT2D eigenvalue weighted by molar-refractivity contribution is 6.27. The fraction of sp³-hybridized carbons (Fsp3) is 0.0769. The predicted octanol–water partition coefficient (Wildman–Crippen LogP) is 5.20. The molecule has 30 heavy (non-hydrogen) atoms. The van der Waals surface area contributed by atoms with Gasteiger partial charge in [-0.1, -0.05) is 83.9 Å². The molecule has 0 N–H and O–H groups in total. The summed E-state index contributed by atoms with van der Waals surface area (Å²) in [6.07, 6.45) is 0. The molecule has 144 valence electrons. The second kappa shape index (κ2) is 6.85. The SMILES string of the molecule is Cc1ccc(-c2nc3c(nc2-c2ccc(C)cc2)C(=O)c2ccccc2C3=O)cc1. The first-order valence-electron chi connectivity index (χ1n) is 9.77. The average Bonchev–Trinajstić information content (AvgIpc) is 2.78. The fourth-order valence-corrected chi connectivity index (χ4v) is 3.71. The number of hydrogen-bond acceptors (Lipinski definition) is 4. The van der Waals surface area contributed by atoms with Crippen LogP contribution in [0.1, 0.15) is 43.2 Å². The Morgan fingerprint density at radius 3 is 1.23 bits per heavy atom. The van der Waals surface area contributed by atoms with Crippen molar-refractivity contribution in [3.8, 4) is 22.5 Å². The quantitative estimate of drug-likeness (QED) is 0.415. The Labute approximate surface area is 174 Å². The number of fused-ring (bicyclic) bond motifs is 2. The molecule has 4 aromatic rings. The largest absolute Gasteiger partial charge is 0.287 e. The van der Waals surface area contributed by atoms with Crippen molar-refractivity contribution in [2.45, 2.75) is 13.8 Å². The summed E-state index contributed by atoms with van der Waals surface area (Å²) in [6, 6.07) is 22.7. The van der Waals surface area contributed by atoms with E-state index >= 15 is 0 Å². The average molecular weight is 390 g/mol. The van der Waals surface area contributed by atoms with Crippen LogP contribution in [0.15, 0.2) is 72.8 Å². The Bertz CT molecular complexity index is 1220. The van der Waals surface area contributed by atoms with Gasteiger partial charge in [0.25, 0.3) is 0 Å². The van der Waals surface area contributed by atoms with E-state index in [1.807, 2.05) is 62.4 Å². The summed E-state index contributed by atoms with van der Waals surface area (Å²) in [5.41, 5.74) is 6.13. The molecule has 3 aromatic carbocycles. The Morgan fingerprint density at radius 1 is 0.500 bits per heavy atom. The molecule has 1 aromatic heterocycles. The van der Waals surface area contributed by atoms with Gasteiger partial charge in [-0.25, -0.2) is 9.97 Å². The molecule has 0 fully saturated rings. The van der Waals surface area contributed by atoms with Crippen LogP contribution >= 0.6 is 0 Å². The van der Waals surface area contributed by atoms with Crippen LogP contribution < -0.4 is 0 Å². The monoisotopic (exact) mass is 390 g/mol. The molecular weight excluding hydrogens is 372 g/mol. The minimum Gasteiger partial charge on any atom is -0.287 e. The third kappa shape index (κ3) is 2.85. The maximum Gasteiger partial charge on any atom is 0.214 e. The number of aryl methyl sites for hydroxylation is 2. The first-order valence-corrected chi connectivity index (χ1v) is 9.77. The van der Waals surface area contributed by atoms with Gasteiger partial charge in [-0.2, -0.15) is 0 Å². The van der Waals surface area contributed by atoms with Crippen LogP contribution in [0.4, 0.5) is 0 Å². The highest BCUT2D eigenvalue weighted by atomic mass is 16.1. The summed E-state index contributed by atoms with van der Waals surface area (Å²) < 4.78 is 0.